The lowest BCUT2D eigenvalue weighted by Crippen LogP contribution is -2.44. The van der Waals surface area contributed by atoms with Crippen molar-refractivity contribution < 1.29 is 9.59 Å². The molecule has 160 valence electrons. The molecule has 7 nitrogen and oxygen atoms in total. The van der Waals surface area contributed by atoms with Gasteiger partial charge in [-0.05, 0) is 36.5 Å². The first kappa shape index (κ1) is 22.7. The third kappa shape index (κ3) is 7.75. The monoisotopic (exact) mass is 401 g/mol. The van der Waals surface area contributed by atoms with Crippen LogP contribution in [-0.4, -0.2) is 68.9 Å². The van der Waals surface area contributed by atoms with Crippen LogP contribution in [-0.2, 0) is 11.3 Å². The quantitative estimate of drug-likeness (QED) is 0.542. The number of guanidine groups is 1. The number of hydrogen-bond acceptors (Lipinski definition) is 3. The molecular formula is C22H35N5O2. The van der Waals surface area contributed by atoms with Crippen molar-refractivity contribution in [2.75, 3.05) is 41.3 Å². The SMILES string of the molecule is CN(C)C(=O)CNC(=NCc1ccc(C(=O)N(C)C)cc1)NCC1CCCCC1. The van der Waals surface area contributed by atoms with Crippen LogP contribution in [0.25, 0.3) is 0 Å². The lowest BCUT2D eigenvalue weighted by Gasteiger charge is -2.23. The summed E-state index contributed by atoms with van der Waals surface area (Å²) in [6.07, 6.45) is 6.42. The molecule has 0 spiro atoms. The summed E-state index contributed by atoms with van der Waals surface area (Å²) in [4.78, 5) is 31.7. The van der Waals surface area contributed by atoms with E-state index in [1.165, 1.54) is 32.1 Å². The maximum absolute atomic E-state index is 12.0. The molecule has 0 radical (unpaired) electrons. The fraction of sp³-hybridized carbons (Fsp3) is 0.591. The molecule has 0 atom stereocenters. The topological polar surface area (TPSA) is 77.0 Å². The van der Waals surface area contributed by atoms with Crippen LogP contribution < -0.4 is 10.6 Å². The van der Waals surface area contributed by atoms with Gasteiger partial charge in [0.25, 0.3) is 5.91 Å². The number of rotatable bonds is 7. The molecule has 0 unspecified atom stereocenters. The summed E-state index contributed by atoms with van der Waals surface area (Å²) in [6.45, 7) is 1.56. The van der Waals surface area contributed by atoms with Gasteiger partial charge in [0, 0.05) is 40.3 Å². The van der Waals surface area contributed by atoms with E-state index in [4.69, 9.17) is 0 Å². The summed E-state index contributed by atoms with van der Waals surface area (Å²) in [5.41, 5.74) is 1.67. The second kappa shape index (κ2) is 11.4. The van der Waals surface area contributed by atoms with Crippen LogP contribution in [0.4, 0.5) is 0 Å². The number of nitrogens with one attached hydrogen (secondary N) is 2. The van der Waals surface area contributed by atoms with Gasteiger partial charge in [0.05, 0.1) is 13.1 Å². The first-order valence-electron chi connectivity index (χ1n) is 10.4. The highest BCUT2D eigenvalue weighted by Gasteiger charge is 2.14. The molecule has 0 aliphatic heterocycles. The average molecular weight is 402 g/mol. The van der Waals surface area contributed by atoms with E-state index in [0.717, 1.165) is 12.1 Å². The maximum Gasteiger partial charge on any atom is 0.253 e. The molecule has 0 aromatic heterocycles. The van der Waals surface area contributed by atoms with E-state index in [1.54, 1.807) is 38.0 Å². The molecule has 1 aromatic carbocycles. The summed E-state index contributed by atoms with van der Waals surface area (Å²) in [5.74, 6) is 1.30. The Hall–Kier alpha value is -2.57. The first-order chi connectivity index (χ1) is 13.9. The van der Waals surface area contributed by atoms with Crippen molar-refractivity contribution in [3.8, 4) is 0 Å². The van der Waals surface area contributed by atoms with Gasteiger partial charge in [0.1, 0.15) is 0 Å². The first-order valence-corrected chi connectivity index (χ1v) is 10.4. The Labute approximate surface area is 174 Å². The maximum atomic E-state index is 12.0. The summed E-state index contributed by atoms with van der Waals surface area (Å²) < 4.78 is 0. The third-order valence-corrected chi connectivity index (χ3v) is 5.22. The second-order valence-electron chi connectivity index (χ2n) is 8.09. The zero-order valence-corrected chi connectivity index (χ0v) is 18.2. The number of nitrogens with zero attached hydrogens (tertiary/aromatic N) is 3. The zero-order chi connectivity index (χ0) is 21.2. The predicted octanol–water partition coefficient (Wildman–Crippen LogP) is 2.09. The fourth-order valence-electron chi connectivity index (χ4n) is 3.31. The van der Waals surface area contributed by atoms with Gasteiger partial charge in [0.2, 0.25) is 5.91 Å². The number of aliphatic imine (C=N–C) groups is 1. The minimum atomic E-state index is -0.0150. The molecule has 2 rings (SSSR count). The van der Waals surface area contributed by atoms with E-state index < -0.39 is 0 Å². The largest absolute Gasteiger partial charge is 0.356 e. The Morgan fingerprint density at radius 1 is 0.966 bits per heavy atom. The Kier molecular flexibility index (Phi) is 8.96. The van der Waals surface area contributed by atoms with Crippen molar-refractivity contribution in [1.82, 2.24) is 20.4 Å². The van der Waals surface area contributed by atoms with Crippen LogP contribution in [0, 0.1) is 5.92 Å². The number of benzene rings is 1. The van der Waals surface area contributed by atoms with Crippen LogP contribution in [0.3, 0.4) is 0 Å². The van der Waals surface area contributed by atoms with Gasteiger partial charge < -0.3 is 20.4 Å². The number of likely N-dealkylation sites (N-methyl/N-ethyl adjacent to an activating group) is 1. The number of carbonyl (C=O) groups is 2. The van der Waals surface area contributed by atoms with Gasteiger partial charge in [-0.3, -0.25) is 9.59 Å². The lowest BCUT2D eigenvalue weighted by atomic mass is 9.89. The van der Waals surface area contributed by atoms with Crippen molar-refractivity contribution in [2.24, 2.45) is 10.9 Å². The van der Waals surface area contributed by atoms with Crippen molar-refractivity contribution in [1.29, 1.82) is 0 Å². The molecule has 1 aliphatic rings. The van der Waals surface area contributed by atoms with Crippen LogP contribution in [0.1, 0.15) is 48.0 Å². The van der Waals surface area contributed by atoms with E-state index >= 15 is 0 Å². The third-order valence-electron chi connectivity index (χ3n) is 5.22. The minimum Gasteiger partial charge on any atom is -0.356 e. The molecule has 7 heteroatoms. The highest BCUT2D eigenvalue weighted by atomic mass is 16.2. The normalized spacial score (nSPS) is 15.0. The van der Waals surface area contributed by atoms with Crippen molar-refractivity contribution >= 4 is 17.8 Å². The van der Waals surface area contributed by atoms with Gasteiger partial charge in [-0.2, -0.15) is 0 Å². The molecule has 0 heterocycles. The van der Waals surface area contributed by atoms with Crippen molar-refractivity contribution in [3.05, 3.63) is 35.4 Å². The van der Waals surface area contributed by atoms with E-state index in [-0.39, 0.29) is 18.4 Å². The van der Waals surface area contributed by atoms with E-state index in [0.29, 0.717) is 24.0 Å². The summed E-state index contributed by atoms with van der Waals surface area (Å²) in [6, 6.07) is 7.49. The summed E-state index contributed by atoms with van der Waals surface area (Å²) in [5, 5.41) is 6.55. The molecule has 1 aliphatic carbocycles. The van der Waals surface area contributed by atoms with Gasteiger partial charge in [-0.1, -0.05) is 31.4 Å². The molecule has 29 heavy (non-hydrogen) atoms. The summed E-state index contributed by atoms with van der Waals surface area (Å²) >= 11 is 0. The summed E-state index contributed by atoms with van der Waals surface area (Å²) in [7, 11) is 6.97. The lowest BCUT2D eigenvalue weighted by molar-refractivity contribution is -0.127. The van der Waals surface area contributed by atoms with Crippen molar-refractivity contribution in [3.63, 3.8) is 0 Å². The van der Waals surface area contributed by atoms with E-state index in [2.05, 4.69) is 15.6 Å². The molecule has 1 aromatic rings. The number of amides is 2. The number of carbonyl (C=O) groups excluding carboxylic acids is 2. The Morgan fingerprint density at radius 3 is 2.21 bits per heavy atom. The fourth-order valence-corrected chi connectivity index (χ4v) is 3.31. The van der Waals surface area contributed by atoms with Crippen LogP contribution in [0.5, 0.6) is 0 Å². The standard InChI is InChI=1S/C22H35N5O2/c1-26(2)20(28)16-25-22(23-14-17-8-6-5-7-9-17)24-15-18-10-12-19(13-11-18)21(29)27(3)4/h10-13,17H,5-9,14-16H2,1-4H3,(H2,23,24,25). The van der Waals surface area contributed by atoms with Crippen LogP contribution in [0.15, 0.2) is 29.3 Å². The molecule has 0 bridgehead atoms. The van der Waals surface area contributed by atoms with E-state index in [9.17, 15) is 9.59 Å². The molecule has 1 saturated carbocycles. The average Bonchev–Trinajstić information content (AvgIpc) is 2.73. The molecule has 2 N–H and O–H groups in total. The van der Waals surface area contributed by atoms with Gasteiger partial charge in [0.15, 0.2) is 5.96 Å². The highest BCUT2D eigenvalue weighted by Crippen LogP contribution is 2.22. The van der Waals surface area contributed by atoms with Gasteiger partial charge in [-0.15, -0.1) is 0 Å². The molecule has 0 saturated heterocycles. The molecule has 2 amide bonds. The van der Waals surface area contributed by atoms with Gasteiger partial charge >= 0.3 is 0 Å². The Morgan fingerprint density at radius 2 is 1.62 bits per heavy atom. The second-order valence-corrected chi connectivity index (χ2v) is 8.09. The van der Waals surface area contributed by atoms with Gasteiger partial charge in [-0.25, -0.2) is 4.99 Å². The smallest absolute Gasteiger partial charge is 0.253 e. The van der Waals surface area contributed by atoms with E-state index in [1.807, 2.05) is 24.3 Å². The Bertz CT molecular complexity index is 692. The van der Waals surface area contributed by atoms with Crippen LogP contribution >= 0.6 is 0 Å². The Balaban J connectivity index is 1.98. The highest BCUT2D eigenvalue weighted by molar-refractivity contribution is 5.93. The zero-order valence-electron chi connectivity index (χ0n) is 18.2. The van der Waals surface area contributed by atoms with Crippen molar-refractivity contribution in [2.45, 2.75) is 38.6 Å². The molecule has 1 fully saturated rings. The minimum absolute atomic E-state index is 0.00344. The predicted molar refractivity (Wildman–Crippen MR) is 117 cm³/mol. The van der Waals surface area contributed by atoms with Crippen LogP contribution in [0.2, 0.25) is 0 Å². The number of hydrogen-bond donors (Lipinski definition) is 2. The molecular weight excluding hydrogens is 366 g/mol.